The van der Waals surface area contributed by atoms with E-state index in [9.17, 15) is 4.79 Å². The summed E-state index contributed by atoms with van der Waals surface area (Å²) in [5.74, 6) is 1.23. The number of nitrogens with zero attached hydrogens (tertiary/aromatic N) is 4. The molecular weight excluding hydrogens is 406 g/mol. The number of nitrogens with one attached hydrogen (secondary N) is 1. The fourth-order valence-electron chi connectivity index (χ4n) is 3.08. The molecule has 0 atom stereocenters. The van der Waals surface area contributed by atoms with Crippen LogP contribution in [-0.4, -0.2) is 41.1 Å². The highest BCUT2D eigenvalue weighted by Gasteiger charge is 2.18. The van der Waals surface area contributed by atoms with Crippen molar-refractivity contribution < 1.29 is 14.3 Å². The summed E-state index contributed by atoms with van der Waals surface area (Å²) in [6, 6.07) is 24.4. The molecule has 3 aromatic carbocycles. The lowest BCUT2D eigenvalue weighted by molar-refractivity contribution is 0.0945. The van der Waals surface area contributed by atoms with Gasteiger partial charge in [-0.25, -0.2) is 15.1 Å². The molecule has 0 aliphatic rings. The predicted octanol–water partition coefficient (Wildman–Crippen LogP) is 3.72. The normalized spacial score (nSPS) is 10.8. The average molecular weight is 427 g/mol. The van der Waals surface area contributed by atoms with Crippen molar-refractivity contribution >= 4 is 12.1 Å². The number of hydrazone groups is 1. The third-order valence-corrected chi connectivity index (χ3v) is 4.63. The third kappa shape index (κ3) is 4.49. The van der Waals surface area contributed by atoms with Crippen molar-refractivity contribution in [2.24, 2.45) is 5.10 Å². The average Bonchev–Trinajstić information content (AvgIpc) is 3.31. The first kappa shape index (κ1) is 20.8. The van der Waals surface area contributed by atoms with Gasteiger partial charge in [0.15, 0.2) is 17.3 Å². The maximum atomic E-state index is 12.7. The van der Waals surface area contributed by atoms with Crippen LogP contribution in [0.2, 0.25) is 0 Å². The second kappa shape index (κ2) is 9.57. The van der Waals surface area contributed by atoms with Gasteiger partial charge in [-0.05, 0) is 35.9 Å². The number of amides is 1. The number of benzene rings is 3. The van der Waals surface area contributed by atoms with Gasteiger partial charge in [0.2, 0.25) is 5.82 Å². The minimum absolute atomic E-state index is 0.0113. The van der Waals surface area contributed by atoms with Crippen LogP contribution in [0.4, 0.5) is 0 Å². The monoisotopic (exact) mass is 427 g/mol. The highest BCUT2D eigenvalue weighted by molar-refractivity contribution is 5.92. The molecule has 4 aromatic rings. The van der Waals surface area contributed by atoms with E-state index < -0.39 is 5.91 Å². The Balaban J connectivity index is 1.58. The molecule has 0 fully saturated rings. The summed E-state index contributed by atoms with van der Waals surface area (Å²) < 4.78 is 12.1. The van der Waals surface area contributed by atoms with Gasteiger partial charge in [-0.2, -0.15) is 5.10 Å². The third-order valence-electron chi connectivity index (χ3n) is 4.63. The number of ether oxygens (including phenoxy) is 2. The number of rotatable bonds is 7. The second-order valence-electron chi connectivity index (χ2n) is 6.69. The molecule has 0 aliphatic carbocycles. The Morgan fingerprint density at radius 3 is 2.31 bits per heavy atom. The van der Waals surface area contributed by atoms with Gasteiger partial charge in [-0.15, -0.1) is 5.10 Å². The molecule has 160 valence electrons. The molecule has 1 N–H and O–H groups in total. The molecule has 32 heavy (non-hydrogen) atoms. The molecule has 0 saturated carbocycles. The fourth-order valence-corrected chi connectivity index (χ4v) is 3.08. The van der Waals surface area contributed by atoms with E-state index in [1.54, 1.807) is 37.1 Å². The second-order valence-corrected chi connectivity index (χ2v) is 6.69. The minimum Gasteiger partial charge on any atom is -0.493 e. The molecule has 0 unspecified atom stereocenters. The van der Waals surface area contributed by atoms with Gasteiger partial charge in [0, 0.05) is 5.56 Å². The summed E-state index contributed by atoms with van der Waals surface area (Å²) in [6.07, 6.45) is 1.51. The van der Waals surface area contributed by atoms with Gasteiger partial charge in [-0.3, -0.25) is 4.79 Å². The summed E-state index contributed by atoms with van der Waals surface area (Å²) in [7, 11) is 3.12. The molecule has 4 rings (SSSR count). The van der Waals surface area contributed by atoms with E-state index in [0.29, 0.717) is 17.3 Å². The Bertz CT molecular complexity index is 1180. The Morgan fingerprint density at radius 1 is 0.938 bits per heavy atom. The molecule has 0 aliphatic heterocycles. The maximum Gasteiger partial charge on any atom is 0.311 e. The SMILES string of the molecule is COc1ccc(/C=N\NC(=O)c2nc(-c3ccccc3)n(-c3ccccc3)n2)cc1OC. The van der Waals surface area contributed by atoms with Crippen LogP contribution in [0.3, 0.4) is 0 Å². The van der Waals surface area contributed by atoms with Crippen molar-refractivity contribution in [1.29, 1.82) is 0 Å². The van der Waals surface area contributed by atoms with Crippen molar-refractivity contribution in [3.63, 3.8) is 0 Å². The molecule has 8 nitrogen and oxygen atoms in total. The molecule has 0 bridgehead atoms. The smallest absolute Gasteiger partial charge is 0.311 e. The first-order valence-electron chi connectivity index (χ1n) is 9.83. The van der Waals surface area contributed by atoms with Crippen molar-refractivity contribution in [3.05, 3.63) is 90.3 Å². The summed E-state index contributed by atoms with van der Waals surface area (Å²) >= 11 is 0. The Kier molecular flexibility index (Phi) is 6.22. The molecule has 0 radical (unpaired) electrons. The zero-order valence-corrected chi connectivity index (χ0v) is 17.6. The Hall–Kier alpha value is -4.46. The standard InChI is InChI=1S/C24H21N5O3/c1-31-20-14-13-17(15-21(20)32-2)16-25-27-24(30)22-26-23(18-9-5-3-6-10-18)29(28-22)19-11-7-4-8-12-19/h3-16H,1-2H3,(H,27,30)/b25-16-. The largest absolute Gasteiger partial charge is 0.493 e. The first-order valence-corrected chi connectivity index (χ1v) is 9.83. The predicted molar refractivity (Wildman–Crippen MR) is 121 cm³/mol. The highest BCUT2D eigenvalue weighted by atomic mass is 16.5. The zero-order valence-electron chi connectivity index (χ0n) is 17.6. The first-order chi connectivity index (χ1) is 15.7. The van der Waals surface area contributed by atoms with Gasteiger partial charge in [-0.1, -0.05) is 48.5 Å². The Labute approximate surface area is 185 Å². The molecule has 1 amide bonds. The van der Waals surface area contributed by atoms with Crippen LogP contribution < -0.4 is 14.9 Å². The summed E-state index contributed by atoms with van der Waals surface area (Å²) in [6.45, 7) is 0. The quantitative estimate of drug-likeness (QED) is 0.359. The van der Waals surface area contributed by atoms with E-state index in [4.69, 9.17) is 9.47 Å². The number of carbonyl (C=O) groups is 1. The molecule has 0 spiro atoms. The van der Waals surface area contributed by atoms with Gasteiger partial charge < -0.3 is 9.47 Å². The zero-order chi connectivity index (χ0) is 22.3. The van der Waals surface area contributed by atoms with Crippen molar-refractivity contribution in [1.82, 2.24) is 20.2 Å². The van der Waals surface area contributed by atoms with E-state index in [2.05, 4.69) is 20.6 Å². The van der Waals surface area contributed by atoms with Crippen LogP contribution in [0, 0.1) is 0 Å². The van der Waals surface area contributed by atoms with Crippen LogP contribution in [-0.2, 0) is 0 Å². The molecular formula is C24H21N5O3. The molecule has 1 aromatic heterocycles. The summed E-state index contributed by atoms with van der Waals surface area (Å²) in [5, 5.41) is 8.44. The topological polar surface area (TPSA) is 90.6 Å². The number of hydrogen-bond donors (Lipinski definition) is 1. The van der Waals surface area contributed by atoms with Gasteiger partial charge in [0.05, 0.1) is 26.1 Å². The summed E-state index contributed by atoms with van der Waals surface area (Å²) in [4.78, 5) is 17.1. The molecule has 8 heteroatoms. The fraction of sp³-hybridized carbons (Fsp3) is 0.0833. The maximum absolute atomic E-state index is 12.7. The highest BCUT2D eigenvalue weighted by Crippen LogP contribution is 2.27. The van der Waals surface area contributed by atoms with Gasteiger partial charge in [0.25, 0.3) is 0 Å². The lowest BCUT2D eigenvalue weighted by Crippen LogP contribution is -2.19. The molecule has 1 heterocycles. The number of para-hydroxylation sites is 1. The number of carbonyl (C=O) groups excluding carboxylic acids is 1. The Morgan fingerprint density at radius 2 is 1.62 bits per heavy atom. The van der Waals surface area contributed by atoms with Crippen LogP contribution >= 0.6 is 0 Å². The van der Waals surface area contributed by atoms with Crippen molar-refractivity contribution in [2.45, 2.75) is 0 Å². The molecule has 0 saturated heterocycles. The van der Waals surface area contributed by atoms with E-state index in [1.165, 1.54) is 6.21 Å². The van der Waals surface area contributed by atoms with E-state index >= 15 is 0 Å². The van der Waals surface area contributed by atoms with Crippen LogP contribution in [0.15, 0.2) is 84.0 Å². The number of aromatic nitrogens is 3. The lowest BCUT2D eigenvalue weighted by atomic mass is 10.2. The van der Waals surface area contributed by atoms with E-state index in [1.807, 2.05) is 60.7 Å². The van der Waals surface area contributed by atoms with Crippen molar-refractivity contribution in [3.8, 4) is 28.6 Å². The van der Waals surface area contributed by atoms with Crippen LogP contribution in [0.5, 0.6) is 11.5 Å². The minimum atomic E-state index is -0.520. The van der Waals surface area contributed by atoms with E-state index in [0.717, 1.165) is 16.8 Å². The number of hydrogen-bond acceptors (Lipinski definition) is 6. The van der Waals surface area contributed by atoms with Gasteiger partial charge in [0.1, 0.15) is 0 Å². The summed E-state index contributed by atoms with van der Waals surface area (Å²) in [5.41, 5.74) is 4.85. The lowest BCUT2D eigenvalue weighted by Gasteiger charge is -2.07. The van der Waals surface area contributed by atoms with Crippen LogP contribution in [0.25, 0.3) is 17.1 Å². The van der Waals surface area contributed by atoms with E-state index in [-0.39, 0.29) is 5.82 Å². The van der Waals surface area contributed by atoms with Gasteiger partial charge >= 0.3 is 5.91 Å². The van der Waals surface area contributed by atoms with Crippen molar-refractivity contribution in [2.75, 3.05) is 14.2 Å². The van der Waals surface area contributed by atoms with Crippen LogP contribution in [0.1, 0.15) is 16.2 Å². The number of methoxy groups -OCH3 is 2.